The van der Waals surface area contributed by atoms with Gasteiger partial charge in [0.15, 0.2) is 0 Å². The standard InChI is InChI=1S/C26H24F3N5O3S/c1-15-10-17(19-4-2-3-5-21(19)30-15)13-37-18-8-6-16(7-9-18)23(35)31-22-12-34(14-26(27,28)29)11-20(22)24-32-33-25(36)38-24/h2-10,20,22H,11-14H2,1H3,(H,31,35)(H,33,36)/t20-,22+/m0/s1. The zero-order chi connectivity index (χ0) is 26.9. The minimum Gasteiger partial charge on any atom is -0.489 e. The molecule has 3 heterocycles. The minimum absolute atomic E-state index is 0.00973. The molecule has 0 radical (unpaired) electrons. The summed E-state index contributed by atoms with van der Waals surface area (Å²) in [7, 11) is 0. The van der Waals surface area contributed by atoms with Crippen molar-refractivity contribution in [1.82, 2.24) is 25.4 Å². The largest absolute Gasteiger partial charge is 0.489 e. The van der Waals surface area contributed by atoms with Crippen molar-refractivity contribution in [2.24, 2.45) is 0 Å². The molecule has 12 heteroatoms. The van der Waals surface area contributed by atoms with Crippen molar-refractivity contribution in [2.45, 2.75) is 31.7 Å². The summed E-state index contributed by atoms with van der Waals surface area (Å²) in [6, 6.07) is 15.7. The number of hydrogen-bond donors (Lipinski definition) is 2. The van der Waals surface area contributed by atoms with Crippen LogP contribution >= 0.6 is 11.3 Å². The van der Waals surface area contributed by atoms with Crippen molar-refractivity contribution in [1.29, 1.82) is 0 Å². The summed E-state index contributed by atoms with van der Waals surface area (Å²) < 4.78 is 44.9. The van der Waals surface area contributed by atoms with Crippen molar-refractivity contribution in [2.75, 3.05) is 19.6 Å². The Balaban J connectivity index is 1.25. The molecule has 1 aliphatic rings. The highest BCUT2D eigenvalue weighted by Gasteiger charge is 2.41. The van der Waals surface area contributed by atoms with Crippen molar-refractivity contribution < 1.29 is 22.7 Å². The average Bonchev–Trinajstić information content (AvgIpc) is 3.47. The summed E-state index contributed by atoms with van der Waals surface area (Å²) >= 11 is 0.837. The molecule has 1 saturated heterocycles. The number of amides is 1. The van der Waals surface area contributed by atoms with Crippen LogP contribution < -0.4 is 14.9 Å². The monoisotopic (exact) mass is 543 g/mol. The molecular weight excluding hydrogens is 519 g/mol. The van der Waals surface area contributed by atoms with E-state index in [1.54, 1.807) is 24.3 Å². The van der Waals surface area contributed by atoms with Crippen molar-refractivity contribution in [3.8, 4) is 5.75 Å². The number of aryl methyl sites for hydroxylation is 1. The van der Waals surface area contributed by atoms with Crippen LogP contribution in [0.3, 0.4) is 0 Å². The van der Waals surface area contributed by atoms with Gasteiger partial charge in [-0.3, -0.25) is 19.5 Å². The third-order valence-corrected chi connectivity index (χ3v) is 7.21. The van der Waals surface area contributed by atoms with Gasteiger partial charge in [0, 0.05) is 41.2 Å². The smallest absolute Gasteiger partial charge is 0.401 e. The topological polar surface area (TPSA) is 100 Å². The molecule has 38 heavy (non-hydrogen) atoms. The fourth-order valence-corrected chi connectivity index (χ4v) is 5.46. The van der Waals surface area contributed by atoms with Crippen LogP contribution in [0, 0.1) is 6.92 Å². The number of benzene rings is 2. The summed E-state index contributed by atoms with van der Waals surface area (Å²) in [5.74, 6) is -0.401. The molecule has 2 atom stereocenters. The third-order valence-electron chi connectivity index (χ3n) is 6.33. The Morgan fingerprint density at radius 2 is 1.95 bits per heavy atom. The van der Waals surface area contributed by atoms with Gasteiger partial charge in [-0.1, -0.05) is 29.5 Å². The van der Waals surface area contributed by atoms with Gasteiger partial charge in [0.05, 0.1) is 18.1 Å². The number of carbonyl (C=O) groups excluding carboxylic acids is 1. The number of likely N-dealkylation sites (tertiary alicyclic amines) is 1. The normalized spacial score (nSPS) is 18.1. The van der Waals surface area contributed by atoms with Gasteiger partial charge in [-0.05, 0) is 43.3 Å². The molecule has 2 aromatic heterocycles. The first-order valence-corrected chi connectivity index (χ1v) is 12.7. The number of ether oxygens (including phenoxy) is 1. The fourth-order valence-electron chi connectivity index (χ4n) is 4.69. The number of fused-ring (bicyclic) bond motifs is 1. The summed E-state index contributed by atoms with van der Waals surface area (Å²) in [5, 5.41) is 10.4. The number of carbonyl (C=O) groups is 1. The molecule has 1 aliphatic heterocycles. The van der Waals surface area contributed by atoms with Crippen LogP contribution in [0.2, 0.25) is 0 Å². The zero-order valence-corrected chi connectivity index (χ0v) is 21.1. The van der Waals surface area contributed by atoms with E-state index in [0.717, 1.165) is 33.5 Å². The van der Waals surface area contributed by atoms with Crippen LogP contribution in [0.25, 0.3) is 10.9 Å². The van der Waals surface area contributed by atoms with Crippen molar-refractivity contribution >= 4 is 28.1 Å². The van der Waals surface area contributed by atoms with Gasteiger partial charge in [0.25, 0.3) is 5.91 Å². The predicted molar refractivity (Wildman–Crippen MR) is 136 cm³/mol. The maximum absolute atomic E-state index is 13.0. The molecule has 0 bridgehead atoms. The number of rotatable bonds is 7. The maximum atomic E-state index is 13.0. The van der Waals surface area contributed by atoms with Crippen LogP contribution in [0.5, 0.6) is 5.75 Å². The lowest BCUT2D eigenvalue weighted by Gasteiger charge is -2.18. The quantitative estimate of drug-likeness (QED) is 0.365. The molecule has 0 aliphatic carbocycles. The Hall–Kier alpha value is -3.77. The van der Waals surface area contributed by atoms with Gasteiger partial charge < -0.3 is 10.1 Å². The van der Waals surface area contributed by atoms with E-state index in [9.17, 15) is 22.8 Å². The van der Waals surface area contributed by atoms with E-state index in [2.05, 4.69) is 20.5 Å². The van der Waals surface area contributed by atoms with Gasteiger partial charge in [-0.15, -0.1) is 0 Å². The Morgan fingerprint density at radius 1 is 1.18 bits per heavy atom. The SMILES string of the molecule is Cc1cc(COc2ccc(C(=O)N[C@@H]3CN(CC(F)(F)F)C[C@@H]3c3n[nH]c(=O)s3)cc2)c2ccccc2n1. The van der Waals surface area contributed by atoms with Crippen LogP contribution in [0.1, 0.15) is 32.5 Å². The molecule has 0 unspecified atom stereocenters. The molecule has 2 N–H and O–H groups in total. The number of pyridine rings is 1. The number of hydrogen-bond acceptors (Lipinski definition) is 7. The number of nitrogens with one attached hydrogen (secondary N) is 2. The van der Waals surface area contributed by atoms with Crippen molar-refractivity contribution in [3.05, 3.63) is 86.1 Å². The second-order valence-corrected chi connectivity index (χ2v) is 10.2. The lowest BCUT2D eigenvalue weighted by molar-refractivity contribution is -0.143. The van der Waals surface area contributed by atoms with Crippen LogP contribution in [0.15, 0.2) is 59.4 Å². The van der Waals surface area contributed by atoms with Gasteiger partial charge in [0.1, 0.15) is 17.4 Å². The van der Waals surface area contributed by atoms with E-state index >= 15 is 0 Å². The fraction of sp³-hybridized carbons (Fsp3) is 0.308. The van der Waals surface area contributed by atoms with E-state index in [-0.39, 0.29) is 13.1 Å². The Bertz CT molecular complexity index is 1500. The third kappa shape index (κ3) is 6.03. The van der Waals surface area contributed by atoms with E-state index in [4.69, 9.17) is 4.74 Å². The van der Waals surface area contributed by atoms with E-state index in [1.165, 1.54) is 4.90 Å². The van der Waals surface area contributed by atoms with Gasteiger partial charge in [0.2, 0.25) is 0 Å². The van der Waals surface area contributed by atoms with Crippen molar-refractivity contribution in [3.63, 3.8) is 0 Å². The van der Waals surface area contributed by atoms with Gasteiger partial charge in [-0.2, -0.15) is 18.3 Å². The van der Waals surface area contributed by atoms with E-state index in [1.807, 2.05) is 37.3 Å². The number of aromatic nitrogens is 3. The molecule has 1 fully saturated rings. The second-order valence-electron chi connectivity index (χ2n) is 9.20. The highest BCUT2D eigenvalue weighted by Crippen LogP contribution is 2.30. The van der Waals surface area contributed by atoms with Crippen LogP contribution in [-0.2, 0) is 6.61 Å². The van der Waals surface area contributed by atoms with Crippen LogP contribution in [-0.4, -0.2) is 57.8 Å². The first-order chi connectivity index (χ1) is 18.1. The molecule has 4 aromatic rings. The summed E-state index contributed by atoms with van der Waals surface area (Å²) in [6.07, 6.45) is -4.38. The first-order valence-electron chi connectivity index (χ1n) is 11.9. The molecule has 198 valence electrons. The lowest BCUT2D eigenvalue weighted by atomic mass is 10.0. The highest BCUT2D eigenvalue weighted by atomic mass is 32.1. The number of aromatic amines is 1. The number of H-pyrrole nitrogens is 1. The molecule has 0 spiro atoms. The molecule has 2 aromatic carbocycles. The summed E-state index contributed by atoms with van der Waals surface area (Å²) in [5.41, 5.74) is 3.10. The Kier molecular flexibility index (Phi) is 7.17. The predicted octanol–water partition coefficient (Wildman–Crippen LogP) is 4.03. The first kappa shape index (κ1) is 25.9. The average molecular weight is 544 g/mol. The number of halogens is 3. The number of alkyl halides is 3. The highest BCUT2D eigenvalue weighted by molar-refractivity contribution is 7.08. The van der Waals surface area contributed by atoms with E-state index < -0.39 is 35.5 Å². The Morgan fingerprint density at radius 3 is 2.66 bits per heavy atom. The molecular formula is C26H24F3N5O3S. The summed E-state index contributed by atoms with van der Waals surface area (Å²) in [6.45, 7) is 1.16. The second kappa shape index (κ2) is 10.5. The Labute approximate surface area is 219 Å². The molecule has 5 rings (SSSR count). The van der Waals surface area contributed by atoms with E-state index in [0.29, 0.717) is 22.9 Å². The lowest BCUT2D eigenvalue weighted by Crippen LogP contribution is -2.40. The van der Waals surface area contributed by atoms with Gasteiger partial charge in [-0.25, -0.2) is 5.10 Å². The summed E-state index contributed by atoms with van der Waals surface area (Å²) in [4.78, 5) is 29.9. The minimum atomic E-state index is -4.38. The molecule has 1 amide bonds. The maximum Gasteiger partial charge on any atom is 0.401 e. The zero-order valence-electron chi connectivity index (χ0n) is 20.3. The number of para-hydroxylation sites is 1. The van der Waals surface area contributed by atoms with Crippen LogP contribution in [0.4, 0.5) is 13.2 Å². The number of nitrogens with zero attached hydrogens (tertiary/aromatic N) is 3. The molecule has 0 saturated carbocycles. The van der Waals surface area contributed by atoms with Gasteiger partial charge >= 0.3 is 11.0 Å². The molecule has 8 nitrogen and oxygen atoms in total.